The quantitative estimate of drug-likeness (QED) is 0.234. The Kier molecular flexibility index (Phi) is 10.3. The number of anilines is 1. The van der Waals surface area contributed by atoms with Crippen molar-refractivity contribution in [2.75, 3.05) is 17.1 Å². The van der Waals surface area contributed by atoms with Crippen molar-refractivity contribution in [1.29, 1.82) is 0 Å². The molecule has 3 aromatic carbocycles. The first kappa shape index (κ1) is 30.0. The second-order valence-corrected chi connectivity index (χ2v) is 12.3. The predicted octanol–water partition coefficient (Wildman–Crippen LogP) is 4.25. The fourth-order valence-electron chi connectivity index (χ4n) is 4.68. The van der Waals surface area contributed by atoms with Gasteiger partial charge in [-0.1, -0.05) is 73.7 Å². The summed E-state index contributed by atoms with van der Waals surface area (Å²) in [7, 11) is -2.00. The second kappa shape index (κ2) is 14.1. The van der Waals surface area contributed by atoms with Crippen LogP contribution in [0.2, 0.25) is 0 Å². The van der Waals surface area contributed by atoms with E-state index in [2.05, 4.69) is 22.5 Å². The minimum atomic E-state index is -3.48. The smallest absolute Gasteiger partial charge is 0.251 e. The second-order valence-electron chi connectivity index (χ2n) is 10.2. The number of nitrogens with one attached hydrogen (secondary N) is 1. The van der Waals surface area contributed by atoms with Gasteiger partial charge in [0.05, 0.1) is 35.8 Å². The van der Waals surface area contributed by atoms with Gasteiger partial charge in [0.15, 0.2) is 0 Å². The zero-order valence-corrected chi connectivity index (χ0v) is 24.4. The van der Waals surface area contributed by atoms with E-state index in [-0.39, 0.29) is 12.3 Å². The Labute approximate surface area is 242 Å². The van der Waals surface area contributed by atoms with Crippen LogP contribution in [0.1, 0.15) is 40.5 Å². The average molecular weight is 575 g/mol. The van der Waals surface area contributed by atoms with Crippen LogP contribution in [0.5, 0.6) is 0 Å². The van der Waals surface area contributed by atoms with E-state index in [0.29, 0.717) is 24.1 Å². The Bertz CT molecular complexity index is 1510. The van der Waals surface area contributed by atoms with Crippen molar-refractivity contribution >= 4 is 21.6 Å². The highest BCUT2D eigenvalue weighted by molar-refractivity contribution is 7.92. The van der Waals surface area contributed by atoms with Gasteiger partial charge in [-0.2, -0.15) is 5.10 Å². The van der Waals surface area contributed by atoms with E-state index < -0.39 is 28.1 Å². The standard InChI is InChI=1S/C32H38N4O4S/c1-3-21-41(39,40)35(2)29-16-10-15-27(23-29)32(38)33-30(22-26-13-8-5-9-14-26)31(37)24-36-20-19-28(34-36)18-17-25-11-6-4-7-12-25/h4-16,19-20,23,30-31,37H,3,17-18,21-22,24H2,1-2H3,(H,33,38)/t30-,31+/m0/s1. The summed E-state index contributed by atoms with van der Waals surface area (Å²) < 4.78 is 28.0. The van der Waals surface area contributed by atoms with E-state index in [1.807, 2.05) is 67.7 Å². The van der Waals surface area contributed by atoms with E-state index in [4.69, 9.17) is 0 Å². The number of amides is 1. The van der Waals surface area contributed by atoms with Crippen LogP contribution >= 0.6 is 0 Å². The van der Waals surface area contributed by atoms with Gasteiger partial charge < -0.3 is 10.4 Å². The van der Waals surface area contributed by atoms with Gasteiger partial charge in [0, 0.05) is 18.8 Å². The molecule has 4 rings (SSSR count). The number of hydrogen-bond acceptors (Lipinski definition) is 5. The maximum atomic E-state index is 13.4. The van der Waals surface area contributed by atoms with Gasteiger partial charge in [-0.15, -0.1) is 0 Å². The molecule has 0 spiro atoms. The van der Waals surface area contributed by atoms with E-state index in [1.165, 1.54) is 16.9 Å². The van der Waals surface area contributed by atoms with Gasteiger partial charge in [0.2, 0.25) is 10.0 Å². The summed E-state index contributed by atoms with van der Waals surface area (Å²) in [6.45, 7) is 2.02. The average Bonchev–Trinajstić information content (AvgIpc) is 3.43. The van der Waals surface area contributed by atoms with Crippen molar-refractivity contribution in [1.82, 2.24) is 15.1 Å². The summed E-state index contributed by atoms with van der Waals surface area (Å²) >= 11 is 0. The summed E-state index contributed by atoms with van der Waals surface area (Å²) in [5, 5.41) is 18.9. The summed E-state index contributed by atoms with van der Waals surface area (Å²) in [6, 6.07) is 27.8. The van der Waals surface area contributed by atoms with E-state index >= 15 is 0 Å². The third-order valence-electron chi connectivity index (χ3n) is 7.01. The van der Waals surface area contributed by atoms with Crippen LogP contribution < -0.4 is 9.62 Å². The van der Waals surface area contributed by atoms with Crippen molar-refractivity contribution in [3.8, 4) is 0 Å². The zero-order valence-electron chi connectivity index (χ0n) is 23.6. The molecule has 2 N–H and O–H groups in total. The van der Waals surface area contributed by atoms with Crippen molar-refractivity contribution in [3.63, 3.8) is 0 Å². The molecule has 8 nitrogen and oxygen atoms in total. The molecule has 1 heterocycles. The van der Waals surface area contributed by atoms with Crippen LogP contribution in [0.3, 0.4) is 0 Å². The van der Waals surface area contributed by atoms with Gasteiger partial charge in [-0.3, -0.25) is 13.8 Å². The van der Waals surface area contributed by atoms with Gasteiger partial charge in [0.25, 0.3) is 5.91 Å². The monoisotopic (exact) mass is 574 g/mol. The molecule has 0 saturated heterocycles. The number of nitrogens with zero attached hydrogens (tertiary/aromatic N) is 3. The third-order valence-corrected chi connectivity index (χ3v) is 8.98. The number of aryl methyl sites for hydroxylation is 2. The predicted molar refractivity (Wildman–Crippen MR) is 162 cm³/mol. The van der Waals surface area contributed by atoms with Gasteiger partial charge in [0.1, 0.15) is 0 Å². The highest BCUT2D eigenvalue weighted by atomic mass is 32.2. The molecule has 1 amide bonds. The van der Waals surface area contributed by atoms with E-state index in [1.54, 1.807) is 28.9 Å². The van der Waals surface area contributed by atoms with E-state index in [0.717, 1.165) is 24.1 Å². The molecule has 1 aromatic heterocycles. The lowest BCUT2D eigenvalue weighted by Crippen LogP contribution is -2.46. The molecule has 4 aromatic rings. The number of benzene rings is 3. The van der Waals surface area contributed by atoms with Crippen LogP contribution in [0.15, 0.2) is 97.2 Å². The molecule has 0 aliphatic heterocycles. The van der Waals surface area contributed by atoms with Gasteiger partial charge >= 0.3 is 0 Å². The Hall–Kier alpha value is -3.95. The highest BCUT2D eigenvalue weighted by Crippen LogP contribution is 2.19. The first-order chi connectivity index (χ1) is 19.7. The molecule has 0 saturated carbocycles. The van der Waals surface area contributed by atoms with Crippen LogP contribution in [0.25, 0.3) is 0 Å². The van der Waals surface area contributed by atoms with Crippen LogP contribution in [-0.2, 0) is 35.8 Å². The first-order valence-electron chi connectivity index (χ1n) is 13.9. The lowest BCUT2D eigenvalue weighted by Gasteiger charge is -2.25. The number of aliphatic hydroxyl groups is 1. The molecule has 0 aliphatic rings. The molecule has 0 radical (unpaired) electrons. The van der Waals surface area contributed by atoms with Crippen LogP contribution in [0, 0.1) is 0 Å². The maximum Gasteiger partial charge on any atom is 0.251 e. The van der Waals surface area contributed by atoms with Crippen molar-refractivity contribution < 1.29 is 18.3 Å². The first-order valence-corrected chi connectivity index (χ1v) is 15.5. The fraction of sp³-hybridized carbons (Fsp3) is 0.312. The van der Waals surface area contributed by atoms with Crippen LogP contribution in [0.4, 0.5) is 5.69 Å². The molecular formula is C32H38N4O4S. The summed E-state index contributed by atoms with van der Waals surface area (Å²) in [5.41, 5.74) is 3.87. The van der Waals surface area contributed by atoms with Crippen LogP contribution in [-0.4, -0.2) is 54.2 Å². The molecule has 216 valence electrons. The van der Waals surface area contributed by atoms with Crippen molar-refractivity contribution in [2.45, 2.75) is 51.3 Å². The Morgan fingerprint density at radius 2 is 1.63 bits per heavy atom. The lowest BCUT2D eigenvalue weighted by atomic mass is 10.0. The summed E-state index contributed by atoms with van der Waals surface area (Å²) in [5.74, 6) is -0.371. The number of carbonyl (C=O) groups excluding carboxylic acids is 1. The molecule has 9 heteroatoms. The summed E-state index contributed by atoms with van der Waals surface area (Å²) in [4.78, 5) is 13.4. The zero-order chi connectivity index (χ0) is 29.2. The largest absolute Gasteiger partial charge is 0.389 e. The third kappa shape index (κ3) is 8.52. The molecule has 2 atom stereocenters. The minimum Gasteiger partial charge on any atom is -0.389 e. The topological polar surface area (TPSA) is 105 Å². The molecule has 0 fully saturated rings. The molecule has 0 bridgehead atoms. The maximum absolute atomic E-state index is 13.4. The van der Waals surface area contributed by atoms with E-state index in [9.17, 15) is 18.3 Å². The Morgan fingerprint density at radius 1 is 0.951 bits per heavy atom. The Morgan fingerprint density at radius 3 is 2.32 bits per heavy atom. The fourth-order valence-corrected chi connectivity index (χ4v) is 5.90. The normalized spacial score (nSPS) is 13.0. The number of sulfonamides is 1. The highest BCUT2D eigenvalue weighted by Gasteiger charge is 2.24. The number of aliphatic hydroxyl groups excluding tert-OH is 1. The van der Waals surface area contributed by atoms with Gasteiger partial charge in [-0.25, -0.2) is 8.42 Å². The number of carbonyl (C=O) groups is 1. The number of hydrogen-bond donors (Lipinski definition) is 2. The minimum absolute atomic E-state index is 0.0205. The molecule has 0 unspecified atom stereocenters. The number of aromatic nitrogens is 2. The Balaban J connectivity index is 1.47. The van der Waals surface area contributed by atoms with Gasteiger partial charge in [-0.05, 0) is 61.1 Å². The van der Waals surface area contributed by atoms with Crippen molar-refractivity contribution in [3.05, 3.63) is 120 Å². The lowest BCUT2D eigenvalue weighted by molar-refractivity contribution is 0.0780. The number of rotatable bonds is 14. The van der Waals surface area contributed by atoms with Crippen molar-refractivity contribution in [2.24, 2.45) is 0 Å². The molecular weight excluding hydrogens is 536 g/mol. The molecule has 0 aliphatic carbocycles. The summed E-state index contributed by atoms with van der Waals surface area (Å²) in [6.07, 6.45) is 3.51. The SMILES string of the molecule is CCCS(=O)(=O)N(C)c1cccc(C(=O)N[C@@H](Cc2ccccc2)[C@H](O)Cn2ccc(CCc3ccccc3)n2)c1. The molecule has 41 heavy (non-hydrogen) atoms.